The summed E-state index contributed by atoms with van der Waals surface area (Å²) in [5.74, 6) is -0.428. The smallest absolute Gasteiger partial charge is 0.358 e. The zero-order valence-electron chi connectivity index (χ0n) is 6.99. The fraction of sp³-hybridized carbons (Fsp3) is 0.500. The van der Waals surface area contributed by atoms with Gasteiger partial charge >= 0.3 is 5.97 Å². The van der Waals surface area contributed by atoms with E-state index in [0.717, 1.165) is 19.4 Å². The molecular formula is C8H10N2O3. The molecule has 0 bridgehead atoms. The summed E-state index contributed by atoms with van der Waals surface area (Å²) < 4.78 is 4.92. The largest absolute Gasteiger partial charge is 0.476 e. The van der Waals surface area contributed by atoms with Gasteiger partial charge in [0.25, 0.3) is 0 Å². The van der Waals surface area contributed by atoms with Crippen LogP contribution in [0.4, 0.5) is 0 Å². The van der Waals surface area contributed by atoms with E-state index in [9.17, 15) is 4.79 Å². The molecule has 2 N–H and O–H groups in total. The van der Waals surface area contributed by atoms with E-state index in [-0.39, 0.29) is 11.7 Å². The zero-order valence-corrected chi connectivity index (χ0v) is 6.99. The van der Waals surface area contributed by atoms with Crippen LogP contribution in [0, 0.1) is 0 Å². The molecule has 13 heavy (non-hydrogen) atoms. The molecule has 5 heteroatoms. The van der Waals surface area contributed by atoms with E-state index in [0.29, 0.717) is 5.76 Å². The van der Waals surface area contributed by atoms with Gasteiger partial charge in [-0.05, 0) is 19.4 Å². The molecule has 1 unspecified atom stereocenters. The summed E-state index contributed by atoms with van der Waals surface area (Å²) in [5, 5.41) is 15.2. The first-order chi connectivity index (χ1) is 6.27. The van der Waals surface area contributed by atoms with Crippen LogP contribution in [-0.4, -0.2) is 22.8 Å². The number of aromatic nitrogens is 1. The number of rotatable bonds is 2. The minimum Gasteiger partial charge on any atom is -0.476 e. The van der Waals surface area contributed by atoms with Crippen LogP contribution in [0.25, 0.3) is 0 Å². The molecule has 0 aliphatic carbocycles. The first-order valence-electron chi connectivity index (χ1n) is 4.20. The van der Waals surface area contributed by atoms with Gasteiger partial charge < -0.3 is 14.9 Å². The molecule has 0 aromatic carbocycles. The number of nitrogens with one attached hydrogen (secondary N) is 1. The summed E-state index contributed by atoms with van der Waals surface area (Å²) in [7, 11) is 0. The fourth-order valence-corrected chi connectivity index (χ4v) is 1.48. The maximum atomic E-state index is 10.5. The Bertz CT molecular complexity index is 315. The van der Waals surface area contributed by atoms with Gasteiger partial charge in [0.15, 0.2) is 11.5 Å². The van der Waals surface area contributed by atoms with Crippen molar-refractivity contribution in [1.82, 2.24) is 10.5 Å². The van der Waals surface area contributed by atoms with Crippen LogP contribution in [-0.2, 0) is 0 Å². The van der Waals surface area contributed by atoms with Gasteiger partial charge in [0.2, 0.25) is 0 Å². The predicted molar refractivity (Wildman–Crippen MR) is 43.4 cm³/mol. The maximum absolute atomic E-state index is 10.5. The van der Waals surface area contributed by atoms with Crippen LogP contribution in [0.3, 0.4) is 0 Å². The number of aromatic carboxylic acids is 1. The lowest BCUT2D eigenvalue weighted by Gasteiger charge is -2.02. The van der Waals surface area contributed by atoms with Gasteiger partial charge in [0, 0.05) is 6.07 Å². The fourth-order valence-electron chi connectivity index (χ4n) is 1.48. The van der Waals surface area contributed by atoms with Crippen molar-refractivity contribution < 1.29 is 14.4 Å². The first-order valence-corrected chi connectivity index (χ1v) is 4.20. The van der Waals surface area contributed by atoms with E-state index in [2.05, 4.69) is 10.5 Å². The van der Waals surface area contributed by atoms with Crippen LogP contribution in [0.2, 0.25) is 0 Å². The number of hydrogen-bond donors (Lipinski definition) is 2. The molecule has 70 valence electrons. The molecule has 0 radical (unpaired) electrons. The third-order valence-electron chi connectivity index (χ3n) is 2.15. The molecular weight excluding hydrogens is 172 g/mol. The molecule has 1 fully saturated rings. The molecule has 0 saturated carbocycles. The lowest BCUT2D eigenvalue weighted by atomic mass is 10.2. The molecule has 1 aromatic heterocycles. The quantitative estimate of drug-likeness (QED) is 0.707. The average Bonchev–Trinajstić information content (AvgIpc) is 2.75. The second-order valence-electron chi connectivity index (χ2n) is 3.07. The third-order valence-corrected chi connectivity index (χ3v) is 2.15. The van der Waals surface area contributed by atoms with E-state index in [1.165, 1.54) is 6.07 Å². The monoisotopic (exact) mass is 182 g/mol. The normalized spacial score (nSPS) is 22.0. The van der Waals surface area contributed by atoms with Crippen molar-refractivity contribution in [3.05, 3.63) is 17.5 Å². The molecule has 0 spiro atoms. The van der Waals surface area contributed by atoms with Gasteiger partial charge in [-0.15, -0.1) is 0 Å². The molecule has 0 amide bonds. The van der Waals surface area contributed by atoms with Gasteiger partial charge in [0.05, 0.1) is 6.04 Å². The van der Waals surface area contributed by atoms with Crippen molar-refractivity contribution in [3.8, 4) is 0 Å². The Hall–Kier alpha value is -1.36. The summed E-state index contributed by atoms with van der Waals surface area (Å²) in [5.41, 5.74) is -0.0244. The minimum atomic E-state index is -1.05. The van der Waals surface area contributed by atoms with Crippen molar-refractivity contribution in [2.75, 3.05) is 6.54 Å². The second kappa shape index (κ2) is 3.18. The highest BCUT2D eigenvalue weighted by molar-refractivity contribution is 5.85. The van der Waals surface area contributed by atoms with Gasteiger partial charge in [-0.1, -0.05) is 5.16 Å². The molecule has 1 aliphatic rings. The Morgan fingerprint density at radius 2 is 2.62 bits per heavy atom. The highest BCUT2D eigenvalue weighted by Gasteiger charge is 2.22. The number of carbonyl (C=O) groups is 1. The second-order valence-corrected chi connectivity index (χ2v) is 3.07. The SMILES string of the molecule is O=C(O)c1cc(C2CCCN2)on1. The molecule has 1 aromatic rings. The summed E-state index contributed by atoms with van der Waals surface area (Å²) >= 11 is 0. The van der Waals surface area contributed by atoms with E-state index < -0.39 is 5.97 Å². The Morgan fingerprint density at radius 1 is 1.77 bits per heavy atom. The van der Waals surface area contributed by atoms with Crippen molar-refractivity contribution >= 4 is 5.97 Å². The third kappa shape index (κ3) is 1.55. The molecule has 2 heterocycles. The zero-order chi connectivity index (χ0) is 9.26. The minimum absolute atomic E-state index is 0.0244. The van der Waals surface area contributed by atoms with Gasteiger partial charge in [-0.3, -0.25) is 0 Å². The van der Waals surface area contributed by atoms with E-state index in [4.69, 9.17) is 9.63 Å². The highest BCUT2D eigenvalue weighted by Crippen LogP contribution is 2.23. The molecule has 1 atom stereocenters. The van der Waals surface area contributed by atoms with Crippen LogP contribution in [0.15, 0.2) is 10.6 Å². The summed E-state index contributed by atoms with van der Waals surface area (Å²) in [6, 6.07) is 1.62. The Kier molecular flexibility index (Phi) is 2.02. The van der Waals surface area contributed by atoms with Gasteiger partial charge in [-0.2, -0.15) is 0 Å². The lowest BCUT2D eigenvalue weighted by Crippen LogP contribution is -2.11. The number of carboxylic acids is 1. The van der Waals surface area contributed by atoms with Crippen LogP contribution in [0.1, 0.15) is 35.1 Å². The van der Waals surface area contributed by atoms with Crippen molar-refractivity contribution in [2.24, 2.45) is 0 Å². The van der Waals surface area contributed by atoms with Crippen LogP contribution >= 0.6 is 0 Å². The Labute approximate surface area is 74.7 Å². The Morgan fingerprint density at radius 3 is 3.15 bits per heavy atom. The first kappa shape index (κ1) is 8.25. The molecule has 1 saturated heterocycles. The average molecular weight is 182 g/mol. The number of nitrogens with zero attached hydrogens (tertiary/aromatic N) is 1. The topological polar surface area (TPSA) is 75.4 Å². The van der Waals surface area contributed by atoms with Crippen LogP contribution < -0.4 is 5.32 Å². The van der Waals surface area contributed by atoms with Gasteiger partial charge in [-0.25, -0.2) is 4.79 Å². The van der Waals surface area contributed by atoms with Crippen molar-refractivity contribution in [2.45, 2.75) is 18.9 Å². The predicted octanol–water partition coefficient (Wildman–Crippen LogP) is 0.797. The van der Waals surface area contributed by atoms with E-state index in [1.54, 1.807) is 0 Å². The summed E-state index contributed by atoms with van der Waals surface area (Å²) in [6.07, 6.45) is 2.07. The lowest BCUT2D eigenvalue weighted by molar-refractivity contribution is 0.0685. The number of carboxylic acid groups (broad SMARTS) is 1. The molecule has 1 aliphatic heterocycles. The Balaban J connectivity index is 2.16. The summed E-state index contributed by atoms with van der Waals surface area (Å²) in [6.45, 7) is 0.952. The van der Waals surface area contributed by atoms with E-state index >= 15 is 0 Å². The highest BCUT2D eigenvalue weighted by atomic mass is 16.5. The van der Waals surface area contributed by atoms with Crippen molar-refractivity contribution in [1.29, 1.82) is 0 Å². The summed E-state index contributed by atoms with van der Waals surface area (Å²) in [4.78, 5) is 10.5. The number of hydrogen-bond acceptors (Lipinski definition) is 4. The van der Waals surface area contributed by atoms with Crippen LogP contribution in [0.5, 0.6) is 0 Å². The molecule has 5 nitrogen and oxygen atoms in total. The standard InChI is InChI=1S/C8H10N2O3/c11-8(12)6-4-7(13-10-6)5-2-1-3-9-5/h4-5,9H,1-3H2,(H,11,12). The maximum Gasteiger partial charge on any atom is 0.358 e. The van der Waals surface area contributed by atoms with Gasteiger partial charge in [0.1, 0.15) is 0 Å². The van der Waals surface area contributed by atoms with Crippen molar-refractivity contribution in [3.63, 3.8) is 0 Å². The molecule has 2 rings (SSSR count). The van der Waals surface area contributed by atoms with E-state index in [1.807, 2.05) is 0 Å².